The Bertz CT molecular complexity index is 1250. The zero-order chi connectivity index (χ0) is 21.5. The molecular weight excluding hydrogens is 400 g/mol. The summed E-state index contributed by atoms with van der Waals surface area (Å²) in [6.45, 7) is 1.84. The maximum Gasteiger partial charge on any atom is 0.147 e. The Hall–Kier alpha value is -3.52. The smallest absolute Gasteiger partial charge is 0.147 e. The number of nitrogens with two attached hydrogens (primary N) is 1. The molecule has 0 unspecified atom stereocenters. The Labute approximate surface area is 186 Å². The number of fused-ring (bicyclic) bond motifs is 1. The maximum absolute atomic E-state index is 6.06. The van der Waals surface area contributed by atoms with Crippen LogP contribution in [0.25, 0.3) is 33.4 Å². The molecule has 32 heavy (non-hydrogen) atoms. The van der Waals surface area contributed by atoms with Crippen LogP contribution in [-0.2, 0) is 0 Å². The molecule has 2 fully saturated rings. The van der Waals surface area contributed by atoms with Gasteiger partial charge in [-0.25, -0.2) is 9.97 Å². The average molecular weight is 427 g/mol. The average Bonchev–Trinajstić information content (AvgIpc) is 3.54. The first-order valence-electron chi connectivity index (χ1n) is 11.3. The van der Waals surface area contributed by atoms with Gasteiger partial charge in [0.2, 0.25) is 0 Å². The fraction of sp³-hybridized carbons (Fsp3) is 0.333. The molecule has 0 bridgehead atoms. The van der Waals surface area contributed by atoms with Crippen molar-refractivity contribution in [3.8, 4) is 22.5 Å². The molecule has 1 saturated heterocycles. The first-order valence-corrected chi connectivity index (χ1v) is 11.3. The molecule has 8 heteroatoms. The zero-order valence-electron chi connectivity index (χ0n) is 17.8. The normalized spacial score (nSPS) is 17.1. The van der Waals surface area contributed by atoms with Crippen LogP contribution in [0.15, 0.2) is 49.2 Å². The van der Waals surface area contributed by atoms with E-state index >= 15 is 0 Å². The summed E-state index contributed by atoms with van der Waals surface area (Å²) in [5.41, 5.74) is 10.9. The Morgan fingerprint density at radius 2 is 1.75 bits per heavy atom. The van der Waals surface area contributed by atoms with Crippen molar-refractivity contribution in [2.45, 2.75) is 37.8 Å². The largest absolute Gasteiger partial charge is 0.366 e. The summed E-state index contributed by atoms with van der Waals surface area (Å²) in [5.74, 6) is 1.74. The van der Waals surface area contributed by atoms with Gasteiger partial charge in [-0.1, -0.05) is 6.07 Å². The van der Waals surface area contributed by atoms with E-state index in [4.69, 9.17) is 15.7 Å². The highest BCUT2D eigenvalue weighted by atomic mass is 15.2. The summed E-state index contributed by atoms with van der Waals surface area (Å²) in [4.78, 5) is 24.2. The van der Waals surface area contributed by atoms with Crippen LogP contribution in [0.4, 0.5) is 11.6 Å². The fourth-order valence-electron chi connectivity index (χ4n) is 4.27. The molecule has 0 atom stereocenters. The van der Waals surface area contributed by atoms with Gasteiger partial charge in [-0.15, -0.1) is 0 Å². The number of benzene rings is 1. The van der Waals surface area contributed by atoms with E-state index in [1.165, 1.54) is 12.8 Å². The topological polar surface area (TPSA) is 109 Å². The highest BCUT2D eigenvalue weighted by Gasteiger charge is 2.22. The van der Waals surface area contributed by atoms with Crippen LogP contribution in [0.1, 0.15) is 25.7 Å². The molecule has 1 saturated carbocycles. The van der Waals surface area contributed by atoms with Crippen LogP contribution in [-0.4, -0.2) is 50.1 Å². The van der Waals surface area contributed by atoms with E-state index in [0.717, 1.165) is 71.0 Å². The van der Waals surface area contributed by atoms with Crippen molar-refractivity contribution in [1.82, 2.24) is 24.9 Å². The second-order valence-electron chi connectivity index (χ2n) is 8.76. The van der Waals surface area contributed by atoms with Crippen molar-refractivity contribution in [2.24, 2.45) is 5.73 Å². The predicted molar refractivity (Wildman–Crippen MR) is 126 cm³/mol. The number of aromatic nitrogens is 5. The van der Waals surface area contributed by atoms with E-state index in [2.05, 4.69) is 43.4 Å². The lowest BCUT2D eigenvalue weighted by Gasteiger charge is -2.30. The van der Waals surface area contributed by atoms with Crippen molar-refractivity contribution >= 4 is 22.5 Å². The van der Waals surface area contributed by atoms with Crippen LogP contribution < -0.4 is 16.0 Å². The van der Waals surface area contributed by atoms with Crippen molar-refractivity contribution in [3.63, 3.8) is 0 Å². The highest BCUT2D eigenvalue weighted by Crippen LogP contribution is 2.32. The first-order chi connectivity index (χ1) is 15.7. The van der Waals surface area contributed by atoms with Crippen molar-refractivity contribution < 1.29 is 0 Å². The monoisotopic (exact) mass is 426 g/mol. The van der Waals surface area contributed by atoms with E-state index in [-0.39, 0.29) is 6.04 Å². The lowest BCUT2D eigenvalue weighted by atomic mass is 10.1. The van der Waals surface area contributed by atoms with Crippen LogP contribution in [0.5, 0.6) is 0 Å². The molecular formula is C24H26N8. The van der Waals surface area contributed by atoms with E-state index < -0.39 is 0 Å². The molecule has 6 rings (SSSR count). The van der Waals surface area contributed by atoms with Gasteiger partial charge in [0.15, 0.2) is 0 Å². The molecule has 8 nitrogen and oxygen atoms in total. The number of nitrogens with one attached hydrogen (secondary N) is 2. The summed E-state index contributed by atoms with van der Waals surface area (Å²) < 4.78 is 0. The van der Waals surface area contributed by atoms with Crippen molar-refractivity contribution in [2.75, 3.05) is 23.3 Å². The van der Waals surface area contributed by atoms with Crippen LogP contribution in [0.3, 0.4) is 0 Å². The van der Waals surface area contributed by atoms with Gasteiger partial charge in [0, 0.05) is 53.4 Å². The molecule has 4 aromatic rings. The number of piperidine rings is 1. The fourth-order valence-corrected chi connectivity index (χ4v) is 4.27. The molecule has 0 amide bonds. The summed E-state index contributed by atoms with van der Waals surface area (Å²) in [7, 11) is 0. The van der Waals surface area contributed by atoms with Crippen molar-refractivity contribution in [3.05, 3.63) is 49.2 Å². The minimum absolute atomic E-state index is 0.288. The highest BCUT2D eigenvalue weighted by molar-refractivity contribution is 5.97. The van der Waals surface area contributed by atoms with E-state index in [1.807, 2.05) is 24.8 Å². The molecule has 2 aliphatic rings. The lowest BCUT2D eigenvalue weighted by molar-refractivity contribution is 0.498. The first kappa shape index (κ1) is 19.2. The van der Waals surface area contributed by atoms with Gasteiger partial charge >= 0.3 is 0 Å². The molecule has 4 N–H and O–H groups in total. The lowest BCUT2D eigenvalue weighted by Crippen LogP contribution is -2.40. The third-order valence-corrected chi connectivity index (χ3v) is 6.30. The van der Waals surface area contributed by atoms with Crippen molar-refractivity contribution in [1.29, 1.82) is 0 Å². The molecule has 3 aromatic heterocycles. The third-order valence-electron chi connectivity index (χ3n) is 6.30. The number of aromatic amines is 1. The Morgan fingerprint density at radius 3 is 2.59 bits per heavy atom. The summed E-state index contributed by atoms with van der Waals surface area (Å²) in [6.07, 6.45) is 13.7. The summed E-state index contributed by atoms with van der Waals surface area (Å²) in [6, 6.07) is 7.14. The van der Waals surface area contributed by atoms with E-state index in [9.17, 15) is 0 Å². The SMILES string of the molecule is NC1CCN(c2cncc(-c3c[nH]c4ccc(-c5cncc(NC6CC6)n5)cc34)n2)CC1. The summed E-state index contributed by atoms with van der Waals surface area (Å²) in [5, 5.41) is 4.52. The van der Waals surface area contributed by atoms with E-state index in [1.54, 1.807) is 6.20 Å². The van der Waals surface area contributed by atoms with Crippen LogP contribution >= 0.6 is 0 Å². The van der Waals surface area contributed by atoms with Gasteiger partial charge in [-0.2, -0.15) is 0 Å². The molecule has 0 spiro atoms. The maximum atomic E-state index is 6.06. The number of hydrogen-bond donors (Lipinski definition) is 3. The Kier molecular flexibility index (Phi) is 4.72. The molecule has 0 radical (unpaired) electrons. The number of H-pyrrole nitrogens is 1. The molecule has 162 valence electrons. The van der Waals surface area contributed by atoms with Gasteiger partial charge in [0.1, 0.15) is 11.6 Å². The van der Waals surface area contributed by atoms with Gasteiger partial charge in [-0.05, 0) is 37.8 Å². The Morgan fingerprint density at radius 1 is 0.938 bits per heavy atom. The third kappa shape index (κ3) is 3.78. The second-order valence-corrected chi connectivity index (χ2v) is 8.76. The van der Waals surface area contributed by atoms with E-state index in [0.29, 0.717) is 6.04 Å². The molecule has 1 aliphatic heterocycles. The minimum Gasteiger partial charge on any atom is -0.366 e. The molecule has 1 aromatic carbocycles. The standard InChI is InChI=1S/C24H26N8/c25-16-5-7-32(8-6-16)24-14-27-12-22(31-24)19-10-28-20-4-1-15(9-18(19)20)21-11-26-13-23(30-21)29-17-2-3-17/h1,4,9-14,16-17,28H,2-3,5-8,25H2,(H,29,30). The minimum atomic E-state index is 0.288. The van der Waals surface area contributed by atoms with Gasteiger partial charge in [0.05, 0.1) is 36.2 Å². The Balaban J connectivity index is 1.34. The molecule has 1 aliphatic carbocycles. The second kappa shape index (κ2) is 7.87. The summed E-state index contributed by atoms with van der Waals surface area (Å²) >= 11 is 0. The predicted octanol–water partition coefficient (Wildman–Crippen LogP) is 3.58. The number of anilines is 2. The number of nitrogens with zero attached hydrogens (tertiary/aromatic N) is 5. The zero-order valence-corrected chi connectivity index (χ0v) is 17.8. The quantitative estimate of drug-likeness (QED) is 0.447. The van der Waals surface area contributed by atoms with Gasteiger partial charge in [-0.3, -0.25) is 9.97 Å². The van der Waals surface area contributed by atoms with Gasteiger partial charge < -0.3 is 20.9 Å². The molecule has 4 heterocycles. The number of hydrogen-bond acceptors (Lipinski definition) is 7. The van der Waals surface area contributed by atoms with Crippen LogP contribution in [0, 0.1) is 0 Å². The van der Waals surface area contributed by atoms with Crippen LogP contribution in [0.2, 0.25) is 0 Å². The van der Waals surface area contributed by atoms with Gasteiger partial charge in [0.25, 0.3) is 0 Å². The number of rotatable bonds is 5.